The molecule has 0 aliphatic heterocycles. The van der Waals surface area contributed by atoms with Gasteiger partial charge >= 0.3 is 0 Å². The molecule has 2 heteroatoms. The highest BCUT2D eigenvalue weighted by Crippen LogP contribution is 2.14. The van der Waals surface area contributed by atoms with E-state index in [0.717, 1.165) is 9.95 Å². The van der Waals surface area contributed by atoms with E-state index in [2.05, 4.69) is 19.1 Å². The molecule has 0 spiro atoms. The SMILES string of the molecule is CCCSC(=S)c1ccccc1. The van der Waals surface area contributed by atoms with Crippen LogP contribution in [0.2, 0.25) is 0 Å². The summed E-state index contributed by atoms with van der Waals surface area (Å²) in [6.07, 6.45) is 1.18. The van der Waals surface area contributed by atoms with E-state index >= 15 is 0 Å². The van der Waals surface area contributed by atoms with E-state index in [1.807, 2.05) is 18.2 Å². The second kappa shape index (κ2) is 5.33. The minimum Gasteiger partial charge on any atom is -0.114 e. The van der Waals surface area contributed by atoms with Gasteiger partial charge in [0.2, 0.25) is 0 Å². The van der Waals surface area contributed by atoms with Gasteiger partial charge in [-0.05, 0) is 17.7 Å². The van der Waals surface area contributed by atoms with Crippen molar-refractivity contribution in [2.24, 2.45) is 0 Å². The summed E-state index contributed by atoms with van der Waals surface area (Å²) >= 11 is 7.01. The highest BCUT2D eigenvalue weighted by molar-refractivity contribution is 8.23. The summed E-state index contributed by atoms with van der Waals surface area (Å²) in [6, 6.07) is 10.2. The Balaban J connectivity index is 2.54. The van der Waals surface area contributed by atoms with Gasteiger partial charge < -0.3 is 0 Å². The van der Waals surface area contributed by atoms with Crippen LogP contribution < -0.4 is 0 Å². The third-order valence-electron chi connectivity index (χ3n) is 1.45. The molecular formula is C10H12S2. The van der Waals surface area contributed by atoms with Crippen molar-refractivity contribution in [3.05, 3.63) is 35.9 Å². The molecule has 0 N–H and O–H groups in total. The molecule has 1 aromatic rings. The van der Waals surface area contributed by atoms with Crippen LogP contribution in [0.4, 0.5) is 0 Å². The first-order chi connectivity index (χ1) is 5.84. The quantitative estimate of drug-likeness (QED) is 0.679. The Morgan fingerprint density at radius 2 is 2.00 bits per heavy atom. The Morgan fingerprint density at radius 1 is 1.33 bits per heavy atom. The van der Waals surface area contributed by atoms with Crippen LogP contribution in [0.1, 0.15) is 18.9 Å². The first-order valence-electron chi connectivity index (χ1n) is 4.06. The third-order valence-corrected chi connectivity index (χ3v) is 3.15. The fraction of sp³-hybridized carbons (Fsp3) is 0.300. The fourth-order valence-corrected chi connectivity index (χ4v) is 1.93. The monoisotopic (exact) mass is 196 g/mol. The molecule has 0 fully saturated rings. The lowest BCUT2D eigenvalue weighted by molar-refractivity contribution is 1.11. The molecule has 1 rings (SSSR count). The van der Waals surface area contributed by atoms with Gasteiger partial charge in [0.1, 0.15) is 0 Å². The lowest BCUT2D eigenvalue weighted by atomic mass is 10.2. The first kappa shape index (κ1) is 9.75. The summed E-state index contributed by atoms with van der Waals surface area (Å²) in [4.78, 5) is 0. The maximum atomic E-state index is 5.25. The van der Waals surface area contributed by atoms with Gasteiger partial charge in [0.25, 0.3) is 0 Å². The van der Waals surface area contributed by atoms with E-state index in [4.69, 9.17) is 12.2 Å². The van der Waals surface area contributed by atoms with Gasteiger partial charge in [0, 0.05) is 0 Å². The van der Waals surface area contributed by atoms with E-state index in [1.165, 1.54) is 12.0 Å². The van der Waals surface area contributed by atoms with E-state index in [0.29, 0.717) is 0 Å². The maximum Gasteiger partial charge on any atom is 0.0778 e. The first-order valence-corrected chi connectivity index (χ1v) is 5.46. The largest absolute Gasteiger partial charge is 0.114 e. The molecular weight excluding hydrogens is 184 g/mol. The zero-order valence-corrected chi connectivity index (χ0v) is 8.75. The predicted molar refractivity (Wildman–Crippen MR) is 60.9 cm³/mol. The molecule has 0 aliphatic carbocycles. The van der Waals surface area contributed by atoms with Crippen LogP contribution in [-0.4, -0.2) is 9.95 Å². The lowest BCUT2D eigenvalue weighted by Gasteiger charge is -2.00. The molecule has 0 heterocycles. The average molecular weight is 196 g/mol. The summed E-state index contributed by atoms with van der Waals surface area (Å²) in [5.74, 6) is 1.12. The van der Waals surface area contributed by atoms with Crippen molar-refractivity contribution in [3.63, 3.8) is 0 Å². The average Bonchev–Trinajstić information content (AvgIpc) is 2.15. The minimum atomic E-state index is 1.01. The molecule has 0 bridgehead atoms. The van der Waals surface area contributed by atoms with E-state index < -0.39 is 0 Å². The van der Waals surface area contributed by atoms with Crippen LogP contribution in [0.25, 0.3) is 0 Å². The molecule has 0 radical (unpaired) electrons. The summed E-state index contributed by atoms with van der Waals surface area (Å²) in [5, 5.41) is 0. The van der Waals surface area contributed by atoms with E-state index in [1.54, 1.807) is 11.8 Å². The van der Waals surface area contributed by atoms with Crippen LogP contribution in [0.15, 0.2) is 30.3 Å². The standard InChI is InChI=1S/C10H12S2/c1-2-8-12-10(11)9-6-4-3-5-7-9/h3-7H,2,8H2,1H3. The maximum absolute atomic E-state index is 5.25. The number of hydrogen-bond acceptors (Lipinski definition) is 2. The van der Waals surface area contributed by atoms with Crippen LogP contribution in [0, 0.1) is 0 Å². The molecule has 0 saturated carbocycles. The number of thioether (sulfide) groups is 1. The molecule has 0 saturated heterocycles. The van der Waals surface area contributed by atoms with Crippen LogP contribution in [0.3, 0.4) is 0 Å². The van der Waals surface area contributed by atoms with Crippen LogP contribution in [0.5, 0.6) is 0 Å². The number of thiocarbonyl (C=S) groups is 1. The van der Waals surface area contributed by atoms with Gasteiger partial charge in [-0.15, -0.1) is 11.8 Å². The van der Waals surface area contributed by atoms with E-state index in [9.17, 15) is 0 Å². The topological polar surface area (TPSA) is 0 Å². The minimum absolute atomic E-state index is 1.01. The summed E-state index contributed by atoms with van der Waals surface area (Å²) in [6.45, 7) is 2.17. The summed E-state index contributed by atoms with van der Waals surface area (Å²) in [5.41, 5.74) is 1.17. The zero-order valence-electron chi connectivity index (χ0n) is 7.12. The van der Waals surface area contributed by atoms with Gasteiger partial charge in [0.05, 0.1) is 4.20 Å². The molecule has 1 aromatic carbocycles. The fourth-order valence-electron chi connectivity index (χ4n) is 0.852. The Kier molecular flexibility index (Phi) is 4.33. The molecule has 0 unspecified atom stereocenters. The van der Waals surface area contributed by atoms with Gasteiger partial charge in [0.15, 0.2) is 0 Å². The molecule has 0 atom stereocenters. The normalized spacial score (nSPS) is 9.75. The molecule has 64 valence electrons. The highest BCUT2D eigenvalue weighted by Gasteiger charge is 1.98. The Labute approximate surface area is 83.4 Å². The molecule has 0 nitrogen and oxygen atoms in total. The van der Waals surface area contributed by atoms with Crippen LogP contribution in [-0.2, 0) is 0 Å². The lowest BCUT2D eigenvalue weighted by Crippen LogP contribution is -1.91. The van der Waals surface area contributed by atoms with Gasteiger partial charge in [-0.1, -0.05) is 49.5 Å². The summed E-state index contributed by atoms with van der Waals surface area (Å²) in [7, 11) is 0. The Hall–Kier alpha value is -0.340. The third kappa shape index (κ3) is 2.95. The van der Waals surface area contributed by atoms with Crippen molar-refractivity contribution in [2.75, 3.05) is 5.75 Å². The van der Waals surface area contributed by atoms with Crippen molar-refractivity contribution in [3.8, 4) is 0 Å². The van der Waals surface area contributed by atoms with Gasteiger partial charge in [-0.3, -0.25) is 0 Å². The predicted octanol–water partition coefficient (Wildman–Crippen LogP) is 3.51. The zero-order chi connectivity index (χ0) is 8.81. The second-order valence-electron chi connectivity index (χ2n) is 2.50. The molecule has 0 amide bonds. The van der Waals surface area contributed by atoms with E-state index in [-0.39, 0.29) is 0 Å². The highest BCUT2D eigenvalue weighted by atomic mass is 32.2. The van der Waals surface area contributed by atoms with Crippen molar-refractivity contribution in [1.82, 2.24) is 0 Å². The smallest absolute Gasteiger partial charge is 0.0778 e. The Bertz CT molecular complexity index is 241. The molecule has 0 aliphatic rings. The molecule has 0 aromatic heterocycles. The van der Waals surface area contributed by atoms with Crippen LogP contribution >= 0.6 is 24.0 Å². The van der Waals surface area contributed by atoms with Crippen molar-refractivity contribution in [1.29, 1.82) is 0 Å². The number of hydrogen-bond donors (Lipinski definition) is 0. The van der Waals surface area contributed by atoms with Crippen molar-refractivity contribution < 1.29 is 0 Å². The number of rotatable bonds is 3. The number of benzene rings is 1. The van der Waals surface area contributed by atoms with Crippen molar-refractivity contribution in [2.45, 2.75) is 13.3 Å². The second-order valence-corrected chi connectivity index (χ2v) is 4.27. The molecule has 12 heavy (non-hydrogen) atoms. The van der Waals surface area contributed by atoms with Gasteiger partial charge in [-0.25, -0.2) is 0 Å². The Morgan fingerprint density at radius 3 is 2.58 bits per heavy atom. The van der Waals surface area contributed by atoms with Gasteiger partial charge in [-0.2, -0.15) is 0 Å². The summed E-state index contributed by atoms with van der Waals surface area (Å²) < 4.78 is 1.01. The van der Waals surface area contributed by atoms with Crippen molar-refractivity contribution >= 4 is 28.2 Å².